The number of fused-ring (bicyclic) bond motifs is 1. The third-order valence-electron chi connectivity index (χ3n) is 3.88. The van der Waals surface area contributed by atoms with E-state index in [1.165, 1.54) is 24.0 Å². The predicted molar refractivity (Wildman–Crippen MR) is 71.3 cm³/mol. The Morgan fingerprint density at radius 3 is 2.75 bits per heavy atom. The average Bonchev–Trinajstić information content (AvgIpc) is 2.42. The first-order chi connectivity index (χ1) is 7.63. The molecular formula is C14H19BrO. The minimum absolute atomic E-state index is 0.454. The monoisotopic (exact) mass is 282 g/mol. The Labute approximate surface area is 106 Å². The molecule has 0 saturated heterocycles. The zero-order valence-electron chi connectivity index (χ0n) is 10.2. The highest BCUT2D eigenvalue weighted by molar-refractivity contribution is 9.09. The number of hydrogen-bond acceptors (Lipinski definition) is 1. The molecule has 0 amide bonds. The number of rotatable bonds is 1. The van der Waals surface area contributed by atoms with Crippen LogP contribution in [0.5, 0.6) is 5.75 Å². The maximum absolute atomic E-state index is 5.31. The molecule has 1 aromatic rings. The van der Waals surface area contributed by atoms with Gasteiger partial charge in [0.2, 0.25) is 0 Å². The number of benzene rings is 1. The van der Waals surface area contributed by atoms with Crippen molar-refractivity contribution < 1.29 is 4.74 Å². The second kappa shape index (κ2) is 4.79. The van der Waals surface area contributed by atoms with E-state index < -0.39 is 0 Å². The summed E-state index contributed by atoms with van der Waals surface area (Å²) in [6.07, 6.45) is 2.47. The zero-order valence-corrected chi connectivity index (χ0v) is 11.8. The number of ether oxygens (including phenoxy) is 1. The van der Waals surface area contributed by atoms with Gasteiger partial charge in [0.25, 0.3) is 0 Å². The lowest BCUT2D eigenvalue weighted by Gasteiger charge is -2.22. The molecule has 0 N–H and O–H groups in total. The van der Waals surface area contributed by atoms with Crippen LogP contribution in [0, 0.1) is 11.8 Å². The lowest BCUT2D eigenvalue weighted by Crippen LogP contribution is -2.11. The normalized spacial score (nSPS) is 29.4. The number of hydrogen-bond donors (Lipinski definition) is 0. The van der Waals surface area contributed by atoms with E-state index in [0.717, 1.165) is 11.7 Å². The van der Waals surface area contributed by atoms with Crippen LogP contribution in [0.3, 0.4) is 0 Å². The molecule has 1 aliphatic rings. The van der Waals surface area contributed by atoms with Crippen molar-refractivity contribution in [3.05, 3.63) is 29.3 Å². The van der Waals surface area contributed by atoms with Crippen LogP contribution in [0.25, 0.3) is 0 Å². The molecule has 2 rings (SSSR count). The highest BCUT2D eigenvalue weighted by Crippen LogP contribution is 2.42. The molecule has 0 radical (unpaired) electrons. The Bertz CT molecular complexity index is 375. The predicted octanol–water partition coefficient (Wildman–Crippen LogP) is 4.35. The molecule has 2 heteroatoms. The second-order valence-corrected chi connectivity index (χ2v) is 5.83. The molecule has 16 heavy (non-hydrogen) atoms. The minimum Gasteiger partial charge on any atom is -0.497 e. The van der Waals surface area contributed by atoms with Gasteiger partial charge in [-0.2, -0.15) is 0 Å². The van der Waals surface area contributed by atoms with Crippen LogP contribution in [0.2, 0.25) is 0 Å². The first-order valence-corrected chi connectivity index (χ1v) is 6.86. The molecule has 0 aromatic heterocycles. The molecule has 0 fully saturated rings. The number of alkyl halides is 1. The fraction of sp³-hybridized carbons (Fsp3) is 0.571. The van der Waals surface area contributed by atoms with Crippen LogP contribution in [0.15, 0.2) is 18.2 Å². The van der Waals surface area contributed by atoms with Gasteiger partial charge in [-0.15, -0.1) is 0 Å². The number of aryl methyl sites for hydroxylation is 1. The van der Waals surface area contributed by atoms with E-state index in [2.05, 4.69) is 48.0 Å². The molecule has 3 atom stereocenters. The Morgan fingerprint density at radius 1 is 1.31 bits per heavy atom. The maximum atomic E-state index is 5.31. The lowest BCUT2D eigenvalue weighted by atomic mass is 9.90. The van der Waals surface area contributed by atoms with E-state index in [1.54, 1.807) is 7.11 Å². The van der Waals surface area contributed by atoms with E-state index in [0.29, 0.717) is 10.7 Å². The molecule has 88 valence electrons. The Morgan fingerprint density at radius 2 is 2.06 bits per heavy atom. The van der Waals surface area contributed by atoms with E-state index in [1.807, 2.05) is 0 Å². The molecule has 1 aromatic carbocycles. The van der Waals surface area contributed by atoms with Crippen molar-refractivity contribution in [1.82, 2.24) is 0 Å². The van der Waals surface area contributed by atoms with Gasteiger partial charge >= 0.3 is 0 Å². The van der Waals surface area contributed by atoms with Crippen LogP contribution >= 0.6 is 15.9 Å². The molecule has 0 heterocycles. The van der Waals surface area contributed by atoms with E-state index in [4.69, 9.17) is 4.74 Å². The minimum atomic E-state index is 0.454. The second-order valence-electron chi connectivity index (χ2n) is 4.84. The van der Waals surface area contributed by atoms with Gasteiger partial charge < -0.3 is 4.74 Å². The summed E-state index contributed by atoms with van der Waals surface area (Å²) in [7, 11) is 1.73. The first kappa shape index (κ1) is 12.0. The third-order valence-corrected chi connectivity index (χ3v) is 5.21. The molecule has 0 bridgehead atoms. The smallest absolute Gasteiger partial charge is 0.119 e. The average molecular weight is 283 g/mol. The summed E-state index contributed by atoms with van der Waals surface area (Å²) < 4.78 is 5.31. The summed E-state index contributed by atoms with van der Waals surface area (Å²) in [5.41, 5.74) is 2.88. The van der Waals surface area contributed by atoms with Crippen LogP contribution < -0.4 is 4.74 Å². The topological polar surface area (TPSA) is 9.23 Å². The SMILES string of the molecule is COc1ccc2c(c1)C(Br)C(C)C(C)CC2. The van der Waals surface area contributed by atoms with E-state index in [9.17, 15) is 0 Å². The summed E-state index contributed by atoms with van der Waals surface area (Å²) in [6.45, 7) is 4.68. The fourth-order valence-electron chi connectivity index (χ4n) is 2.40. The molecule has 3 unspecified atom stereocenters. The van der Waals surface area contributed by atoms with Gasteiger partial charge in [0.05, 0.1) is 7.11 Å². The largest absolute Gasteiger partial charge is 0.497 e. The zero-order chi connectivity index (χ0) is 11.7. The van der Waals surface area contributed by atoms with E-state index >= 15 is 0 Å². The Balaban J connectivity index is 2.41. The van der Waals surface area contributed by atoms with Crippen molar-refractivity contribution in [2.45, 2.75) is 31.5 Å². The van der Waals surface area contributed by atoms with Gasteiger partial charge in [0.1, 0.15) is 5.75 Å². The summed E-state index contributed by atoms with van der Waals surface area (Å²) in [5, 5.41) is 0. The van der Waals surface area contributed by atoms with Crippen LogP contribution in [-0.4, -0.2) is 7.11 Å². The van der Waals surface area contributed by atoms with Crippen molar-refractivity contribution >= 4 is 15.9 Å². The Hall–Kier alpha value is -0.500. The van der Waals surface area contributed by atoms with Gasteiger partial charge in [0, 0.05) is 4.83 Å². The molecular weight excluding hydrogens is 264 g/mol. The molecule has 0 spiro atoms. The molecule has 1 aliphatic carbocycles. The van der Waals surface area contributed by atoms with Crippen molar-refractivity contribution in [3.8, 4) is 5.75 Å². The Kier molecular flexibility index (Phi) is 3.58. The highest BCUT2D eigenvalue weighted by Gasteiger charge is 2.27. The number of halogens is 1. The van der Waals surface area contributed by atoms with Crippen molar-refractivity contribution in [3.63, 3.8) is 0 Å². The van der Waals surface area contributed by atoms with Crippen molar-refractivity contribution in [1.29, 1.82) is 0 Å². The van der Waals surface area contributed by atoms with Gasteiger partial charge in [-0.05, 0) is 47.9 Å². The fourth-order valence-corrected chi connectivity index (χ4v) is 3.35. The maximum Gasteiger partial charge on any atom is 0.119 e. The number of methoxy groups -OCH3 is 1. The molecule has 0 saturated carbocycles. The third kappa shape index (κ3) is 2.13. The summed E-state index contributed by atoms with van der Waals surface area (Å²) in [4.78, 5) is 0.454. The molecule has 0 aliphatic heterocycles. The first-order valence-electron chi connectivity index (χ1n) is 5.94. The molecule has 1 nitrogen and oxygen atoms in total. The standard InChI is InChI=1S/C14H19BrO/c1-9-4-5-11-6-7-12(16-3)8-13(11)14(15)10(9)2/h6-10,14H,4-5H2,1-3H3. The summed E-state index contributed by atoms with van der Waals surface area (Å²) >= 11 is 3.85. The van der Waals surface area contributed by atoms with Crippen LogP contribution in [0.1, 0.15) is 36.2 Å². The van der Waals surface area contributed by atoms with Gasteiger partial charge in [0.15, 0.2) is 0 Å². The summed E-state index contributed by atoms with van der Waals surface area (Å²) in [6, 6.07) is 6.47. The van der Waals surface area contributed by atoms with Gasteiger partial charge in [-0.3, -0.25) is 0 Å². The lowest BCUT2D eigenvalue weighted by molar-refractivity contribution is 0.372. The van der Waals surface area contributed by atoms with Crippen molar-refractivity contribution in [2.75, 3.05) is 7.11 Å². The quantitative estimate of drug-likeness (QED) is 0.550. The van der Waals surface area contributed by atoms with Gasteiger partial charge in [-0.25, -0.2) is 0 Å². The summed E-state index contributed by atoms with van der Waals surface area (Å²) in [5.74, 6) is 2.40. The van der Waals surface area contributed by atoms with Crippen molar-refractivity contribution in [2.24, 2.45) is 11.8 Å². The van der Waals surface area contributed by atoms with Gasteiger partial charge in [-0.1, -0.05) is 35.8 Å². The highest BCUT2D eigenvalue weighted by atomic mass is 79.9. The van der Waals surface area contributed by atoms with E-state index in [-0.39, 0.29) is 0 Å². The van der Waals surface area contributed by atoms with Crippen LogP contribution in [-0.2, 0) is 6.42 Å². The van der Waals surface area contributed by atoms with Crippen LogP contribution in [0.4, 0.5) is 0 Å².